The van der Waals surface area contributed by atoms with Gasteiger partial charge in [-0.1, -0.05) is 54.6 Å². The Kier molecular flexibility index (Phi) is 6.11. The van der Waals surface area contributed by atoms with Crippen LogP contribution in [-0.4, -0.2) is 30.5 Å². The van der Waals surface area contributed by atoms with Crippen LogP contribution in [0.3, 0.4) is 0 Å². The molecule has 3 heteroatoms. The zero-order valence-electron chi connectivity index (χ0n) is 15.5. The number of benzene rings is 2. The van der Waals surface area contributed by atoms with Gasteiger partial charge in [-0.15, -0.1) is 0 Å². The van der Waals surface area contributed by atoms with Crippen molar-refractivity contribution < 1.29 is 9.53 Å². The zero-order chi connectivity index (χ0) is 18.4. The molecule has 0 radical (unpaired) electrons. The molecule has 0 bridgehead atoms. The van der Waals surface area contributed by atoms with Crippen molar-refractivity contribution in [2.24, 2.45) is 0 Å². The Morgan fingerprint density at radius 1 is 1.12 bits per heavy atom. The quantitative estimate of drug-likeness (QED) is 0.723. The van der Waals surface area contributed by atoms with Crippen LogP contribution >= 0.6 is 0 Å². The summed E-state index contributed by atoms with van der Waals surface area (Å²) < 4.78 is 5.19. The fourth-order valence-corrected chi connectivity index (χ4v) is 3.59. The van der Waals surface area contributed by atoms with Crippen molar-refractivity contribution in [2.75, 3.05) is 13.7 Å². The van der Waals surface area contributed by atoms with E-state index in [0.29, 0.717) is 6.42 Å². The van der Waals surface area contributed by atoms with Gasteiger partial charge in [0.25, 0.3) is 0 Å². The van der Waals surface area contributed by atoms with E-state index in [2.05, 4.69) is 35.7 Å². The SMILES string of the molecule is C=C1CCN(C(=O)CCc2ccc(OC)cc2)[C@@H](Cc2ccccc2)C1. The van der Waals surface area contributed by atoms with Crippen molar-refractivity contribution in [2.45, 2.75) is 38.1 Å². The molecule has 2 aromatic rings. The van der Waals surface area contributed by atoms with Crippen LogP contribution < -0.4 is 4.74 Å². The molecule has 26 heavy (non-hydrogen) atoms. The van der Waals surface area contributed by atoms with Crippen molar-refractivity contribution in [3.05, 3.63) is 77.9 Å². The van der Waals surface area contributed by atoms with E-state index in [1.165, 1.54) is 16.7 Å². The van der Waals surface area contributed by atoms with Crippen LogP contribution in [0.15, 0.2) is 66.7 Å². The Bertz CT molecular complexity index is 737. The second kappa shape index (κ2) is 8.70. The standard InChI is InChI=1S/C23H27NO2/c1-18-14-15-24(21(16-18)17-20-6-4-3-5-7-20)23(25)13-10-19-8-11-22(26-2)12-9-19/h3-9,11-12,21H,1,10,13-17H2,2H3/t21-/m1/s1. The lowest BCUT2D eigenvalue weighted by Crippen LogP contribution is -2.45. The molecule has 3 rings (SSSR count). The molecule has 136 valence electrons. The van der Waals surface area contributed by atoms with Crippen LogP contribution in [0, 0.1) is 0 Å². The molecule has 2 aromatic carbocycles. The van der Waals surface area contributed by atoms with Gasteiger partial charge >= 0.3 is 0 Å². The van der Waals surface area contributed by atoms with Crippen LogP contribution in [0.5, 0.6) is 5.75 Å². The number of hydrogen-bond donors (Lipinski definition) is 0. The zero-order valence-corrected chi connectivity index (χ0v) is 15.5. The predicted molar refractivity (Wildman–Crippen MR) is 105 cm³/mol. The number of piperidine rings is 1. The number of amides is 1. The normalized spacial score (nSPS) is 17.2. The monoisotopic (exact) mass is 349 g/mol. The molecular formula is C23H27NO2. The van der Waals surface area contributed by atoms with Gasteiger partial charge in [-0.3, -0.25) is 4.79 Å². The van der Waals surface area contributed by atoms with E-state index < -0.39 is 0 Å². The summed E-state index contributed by atoms with van der Waals surface area (Å²) in [4.78, 5) is 14.9. The Morgan fingerprint density at radius 2 is 1.85 bits per heavy atom. The van der Waals surface area contributed by atoms with E-state index >= 15 is 0 Å². The van der Waals surface area contributed by atoms with E-state index in [-0.39, 0.29) is 11.9 Å². The van der Waals surface area contributed by atoms with Crippen molar-refractivity contribution in [3.63, 3.8) is 0 Å². The van der Waals surface area contributed by atoms with Crippen LogP contribution in [0.25, 0.3) is 0 Å². The summed E-state index contributed by atoms with van der Waals surface area (Å²) >= 11 is 0. The third-order valence-corrected chi connectivity index (χ3v) is 5.09. The van der Waals surface area contributed by atoms with Gasteiger partial charge < -0.3 is 9.64 Å². The number of nitrogens with zero attached hydrogens (tertiary/aromatic N) is 1. The van der Waals surface area contributed by atoms with E-state index in [0.717, 1.165) is 38.0 Å². The molecule has 0 aliphatic carbocycles. The maximum absolute atomic E-state index is 12.9. The third-order valence-electron chi connectivity index (χ3n) is 5.09. The summed E-state index contributed by atoms with van der Waals surface area (Å²) in [6.07, 6.45) is 4.03. The van der Waals surface area contributed by atoms with Gasteiger partial charge in [-0.2, -0.15) is 0 Å². The lowest BCUT2D eigenvalue weighted by Gasteiger charge is -2.37. The van der Waals surface area contributed by atoms with Crippen molar-refractivity contribution in [1.29, 1.82) is 0 Å². The number of methoxy groups -OCH3 is 1. The lowest BCUT2D eigenvalue weighted by atomic mass is 9.92. The molecule has 0 spiro atoms. The molecule has 1 fully saturated rings. The van der Waals surface area contributed by atoms with E-state index in [4.69, 9.17) is 4.74 Å². The first-order chi connectivity index (χ1) is 12.7. The maximum Gasteiger partial charge on any atom is 0.223 e. The van der Waals surface area contributed by atoms with Crippen LogP contribution in [0.2, 0.25) is 0 Å². The van der Waals surface area contributed by atoms with Crippen molar-refractivity contribution in [1.82, 2.24) is 4.90 Å². The third kappa shape index (κ3) is 4.75. The number of aryl methyl sites for hydroxylation is 1. The molecule has 1 aliphatic heterocycles. The van der Waals surface area contributed by atoms with Crippen LogP contribution in [0.4, 0.5) is 0 Å². The number of likely N-dealkylation sites (tertiary alicyclic amines) is 1. The number of carbonyl (C=O) groups excluding carboxylic acids is 1. The fraction of sp³-hybridized carbons (Fsp3) is 0.348. The number of carbonyl (C=O) groups is 1. The maximum atomic E-state index is 12.9. The summed E-state index contributed by atoms with van der Waals surface area (Å²) in [5.41, 5.74) is 3.70. The largest absolute Gasteiger partial charge is 0.497 e. The van der Waals surface area contributed by atoms with Gasteiger partial charge in [0.2, 0.25) is 5.91 Å². The second-order valence-electron chi connectivity index (χ2n) is 6.98. The molecule has 0 saturated carbocycles. The number of hydrogen-bond acceptors (Lipinski definition) is 2. The molecule has 0 unspecified atom stereocenters. The Morgan fingerprint density at radius 3 is 2.54 bits per heavy atom. The van der Waals surface area contributed by atoms with Gasteiger partial charge in [0.1, 0.15) is 5.75 Å². The Balaban J connectivity index is 1.62. The molecule has 0 N–H and O–H groups in total. The van der Waals surface area contributed by atoms with Crippen LogP contribution in [0.1, 0.15) is 30.4 Å². The minimum Gasteiger partial charge on any atom is -0.497 e. The average Bonchev–Trinajstić information content (AvgIpc) is 2.67. The summed E-state index contributed by atoms with van der Waals surface area (Å²) in [5, 5.41) is 0. The first kappa shape index (κ1) is 18.2. The fourth-order valence-electron chi connectivity index (χ4n) is 3.59. The molecule has 1 amide bonds. The summed E-state index contributed by atoms with van der Waals surface area (Å²) in [6.45, 7) is 4.95. The first-order valence-electron chi connectivity index (χ1n) is 9.28. The minimum atomic E-state index is 0.224. The van der Waals surface area contributed by atoms with Crippen molar-refractivity contribution in [3.8, 4) is 5.75 Å². The molecule has 0 aromatic heterocycles. The molecule has 3 nitrogen and oxygen atoms in total. The average molecular weight is 349 g/mol. The van der Waals surface area contributed by atoms with E-state index in [1.807, 2.05) is 30.3 Å². The Hall–Kier alpha value is -2.55. The van der Waals surface area contributed by atoms with Crippen LogP contribution in [-0.2, 0) is 17.6 Å². The minimum absolute atomic E-state index is 0.224. The van der Waals surface area contributed by atoms with E-state index in [1.54, 1.807) is 7.11 Å². The predicted octanol–water partition coefficient (Wildman–Crippen LogP) is 4.42. The summed E-state index contributed by atoms with van der Waals surface area (Å²) in [6, 6.07) is 18.6. The summed E-state index contributed by atoms with van der Waals surface area (Å²) in [7, 11) is 1.66. The molecule has 1 aliphatic rings. The van der Waals surface area contributed by atoms with Gasteiger partial charge in [0, 0.05) is 19.0 Å². The molecular weight excluding hydrogens is 322 g/mol. The highest BCUT2D eigenvalue weighted by atomic mass is 16.5. The molecule has 1 saturated heterocycles. The lowest BCUT2D eigenvalue weighted by molar-refractivity contribution is -0.134. The van der Waals surface area contributed by atoms with Gasteiger partial charge in [-0.25, -0.2) is 0 Å². The Labute approximate surface area is 156 Å². The van der Waals surface area contributed by atoms with Crippen molar-refractivity contribution >= 4 is 5.91 Å². The van der Waals surface area contributed by atoms with Gasteiger partial charge in [0.15, 0.2) is 0 Å². The van der Waals surface area contributed by atoms with E-state index in [9.17, 15) is 4.79 Å². The first-order valence-corrected chi connectivity index (χ1v) is 9.28. The summed E-state index contributed by atoms with van der Waals surface area (Å²) in [5.74, 6) is 1.09. The van der Waals surface area contributed by atoms with Gasteiger partial charge in [-0.05, 0) is 48.9 Å². The smallest absolute Gasteiger partial charge is 0.223 e. The number of rotatable bonds is 6. The van der Waals surface area contributed by atoms with Gasteiger partial charge in [0.05, 0.1) is 7.11 Å². The highest BCUT2D eigenvalue weighted by molar-refractivity contribution is 5.77. The second-order valence-corrected chi connectivity index (χ2v) is 6.98. The molecule has 1 atom stereocenters. The highest BCUT2D eigenvalue weighted by Gasteiger charge is 2.27. The molecule has 1 heterocycles. The number of ether oxygens (including phenoxy) is 1. The highest BCUT2D eigenvalue weighted by Crippen LogP contribution is 2.25. The topological polar surface area (TPSA) is 29.5 Å².